The van der Waals surface area contributed by atoms with Crippen molar-refractivity contribution in [2.24, 2.45) is 0 Å². The molecule has 2 aromatic carbocycles. The minimum Gasteiger partial charge on any atom is -0.494 e. The van der Waals surface area contributed by atoms with Gasteiger partial charge in [0, 0.05) is 29.5 Å². The predicted molar refractivity (Wildman–Crippen MR) is 111 cm³/mol. The third kappa shape index (κ3) is 8.19. The molecular formula is C20H24ClNO5S. The molecule has 0 saturated carbocycles. The monoisotopic (exact) mass is 425 g/mol. The lowest BCUT2D eigenvalue weighted by molar-refractivity contribution is -0.116. The Bertz CT molecular complexity index is 915. The number of aryl methyl sites for hydroxylation is 1. The van der Waals surface area contributed by atoms with Gasteiger partial charge in [-0.15, -0.1) is 0 Å². The first kappa shape index (κ1) is 22.0. The number of rotatable bonds is 10. The second-order valence-electron chi connectivity index (χ2n) is 6.42. The average molecular weight is 426 g/mol. The Morgan fingerprint density at radius 2 is 1.79 bits per heavy atom. The van der Waals surface area contributed by atoms with Gasteiger partial charge in [-0.3, -0.25) is 4.79 Å². The first-order valence-electron chi connectivity index (χ1n) is 8.82. The van der Waals surface area contributed by atoms with Crippen LogP contribution in [0.1, 0.15) is 18.4 Å². The van der Waals surface area contributed by atoms with Crippen molar-refractivity contribution in [3.63, 3.8) is 0 Å². The van der Waals surface area contributed by atoms with Crippen LogP contribution < -0.4 is 14.8 Å². The molecule has 0 atom stereocenters. The van der Waals surface area contributed by atoms with E-state index in [2.05, 4.69) is 5.32 Å². The quantitative estimate of drug-likeness (QED) is 0.584. The van der Waals surface area contributed by atoms with Crippen molar-refractivity contribution in [3.05, 3.63) is 53.1 Å². The van der Waals surface area contributed by atoms with Crippen LogP contribution in [-0.2, 0) is 14.6 Å². The molecule has 0 saturated heterocycles. The molecule has 0 unspecified atom stereocenters. The molecule has 152 valence electrons. The largest absolute Gasteiger partial charge is 0.494 e. The molecule has 8 heteroatoms. The fourth-order valence-corrected chi connectivity index (χ4v) is 2.83. The number of benzene rings is 2. The summed E-state index contributed by atoms with van der Waals surface area (Å²) in [6, 6.07) is 12.3. The van der Waals surface area contributed by atoms with Crippen LogP contribution in [0.3, 0.4) is 0 Å². The van der Waals surface area contributed by atoms with Crippen LogP contribution in [0, 0.1) is 6.92 Å². The lowest BCUT2D eigenvalue weighted by Gasteiger charge is -2.10. The zero-order valence-electron chi connectivity index (χ0n) is 15.9. The highest BCUT2D eigenvalue weighted by Gasteiger charge is 2.06. The molecule has 0 spiro atoms. The fourth-order valence-electron chi connectivity index (χ4n) is 2.33. The van der Waals surface area contributed by atoms with Gasteiger partial charge in [-0.25, -0.2) is 8.42 Å². The Labute approximate surface area is 170 Å². The summed E-state index contributed by atoms with van der Waals surface area (Å²) in [5.74, 6) is 1.03. The summed E-state index contributed by atoms with van der Waals surface area (Å²) in [6.07, 6.45) is 2.04. The van der Waals surface area contributed by atoms with Crippen molar-refractivity contribution in [2.45, 2.75) is 19.8 Å². The van der Waals surface area contributed by atoms with E-state index in [9.17, 15) is 13.2 Å². The number of sulfone groups is 1. The number of ether oxygens (including phenoxy) is 2. The number of carbonyl (C=O) groups excluding carboxylic acids is 1. The maximum Gasteiger partial charge on any atom is 0.224 e. The molecule has 0 fully saturated rings. The molecule has 28 heavy (non-hydrogen) atoms. The van der Waals surface area contributed by atoms with Gasteiger partial charge in [0.1, 0.15) is 18.1 Å². The molecule has 0 radical (unpaired) electrons. The van der Waals surface area contributed by atoms with Gasteiger partial charge in [0.25, 0.3) is 0 Å². The highest BCUT2D eigenvalue weighted by molar-refractivity contribution is 7.90. The number of hydrogen-bond acceptors (Lipinski definition) is 5. The van der Waals surface area contributed by atoms with Gasteiger partial charge >= 0.3 is 0 Å². The highest BCUT2D eigenvalue weighted by Crippen LogP contribution is 2.21. The van der Waals surface area contributed by atoms with Crippen molar-refractivity contribution in [2.75, 3.05) is 30.5 Å². The maximum absolute atomic E-state index is 12.1. The molecule has 0 aliphatic carbocycles. The Morgan fingerprint density at radius 3 is 2.50 bits per heavy atom. The standard InChI is InChI=1S/C20H24ClNO5S/c1-15-13-18(8-9-19(15)21)26-10-4-7-20(23)22-16-5-3-6-17(14-16)27-11-12-28(2,24)25/h3,5-6,8-9,13-14H,4,7,10-12H2,1-2H3,(H,22,23). The lowest BCUT2D eigenvalue weighted by Crippen LogP contribution is -2.14. The van der Waals surface area contributed by atoms with E-state index in [0.717, 1.165) is 17.6 Å². The molecule has 1 N–H and O–H groups in total. The van der Waals surface area contributed by atoms with Crippen molar-refractivity contribution in [1.29, 1.82) is 0 Å². The van der Waals surface area contributed by atoms with Crippen molar-refractivity contribution in [1.82, 2.24) is 0 Å². The molecule has 6 nitrogen and oxygen atoms in total. The van der Waals surface area contributed by atoms with Crippen molar-refractivity contribution >= 4 is 33.0 Å². The molecule has 0 bridgehead atoms. The number of hydrogen-bond donors (Lipinski definition) is 1. The third-order valence-electron chi connectivity index (χ3n) is 3.79. The smallest absolute Gasteiger partial charge is 0.224 e. The number of nitrogens with one attached hydrogen (secondary N) is 1. The topological polar surface area (TPSA) is 81.7 Å². The zero-order valence-corrected chi connectivity index (χ0v) is 17.5. The number of carbonyl (C=O) groups is 1. The van der Waals surface area contributed by atoms with Gasteiger partial charge < -0.3 is 14.8 Å². The minimum absolute atomic E-state index is 0.0588. The number of amides is 1. The Morgan fingerprint density at radius 1 is 1.07 bits per heavy atom. The first-order valence-corrected chi connectivity index (χ1v) is 11.3. The second kappa shape index (κ2) is 10.3. The third-order valence-corrected chi connectivity index (χ3v) is 5.12. The molecule has 1 amide bonds. The Hall–Kier alpha value is -2.25. The van der Waals surface area contributed by atoms with E-state index in [4.69, 9.17) is 21.1 Å². The molecular weight excluding hydrogens is 402 g/mol. The normalized spacial score (nSPS) is 11.1. The van der Waals surface area contributed by atoms with Crippen LogP contribution in [0.2, 0.25) is 5.02 Å². The molecule has 0 aliphatic rings. The van der Waals surface area contributed by atoms with E-state index in [-0.39, 0.29) is 18.3 Å². The van der Waals surface area contributed by atoms with Crippen LogP contribution >= 0.6 is 11.6 Å². The van der Waals surface area contributed by atoms with Gasteiger partial charge in [0.2, 0.25) is 5.91 Å². The number of anilines is 1. The van der Waals surface area contributed by atoms with E-state index in [1.807, 2.05) is 13.0 Å². The van der Waals surface area contributed by atoms with E-state index < -0.39 is 9.84 Å². The van der Waals surface area contributed by atoms with Crippen LogP contribution in [0.5, 0.6) is 11.5 Å². The summed E-state index contributed by atoms with van der Waals surface area (Å²) >= 11 is 5.98. The Balaban J connectivity index is 1.73. The van der Waals surface area contributed by atoms with E-state index in [1.54, 1.807) is 36.4 Å². The lowest BCUT2D eigenvalue weighted by atomic mass is 10.2. The van der Waals surface area contributed by atoms with E-state index in [0.29, 0.717) is 35.9 Å². The average Bonchev–Trinajstić information content (AvgIpc) is 2.61. The maximum atomic E-state index is 12.1. The van der Waals surface area contributed by atoms with Gasteiger partial charge in [0.15, 0.2) is 9.84 Å². The fraction of sp³-hybridized carbons (Fsp3) is 0.350. The molecule has 0 aliphatic heterocycles. The van der Waals surface area contributed by atoms with E-state index >= 15 is 0 Å². The van der Waals surface area contributed by atoms with Crippen LogP contribution in [-0.4, -0.2) is 39.5 Å². The summed E-state index contributed by atoms with van der Waals surface area (Å²) in [5, 5.41) is 3.48. The first-order chi connectivity index (χ1) is 13.2. The summed E-state index contributed by atoms with van der Waals surface area (Å²) < 4.78 is 33.3. The summed E-state index contributed by atoms with van der Waals surface area (Å²) in [7, 11) is -3.07. The van der Waals surface area contributed by atoms with Gasteiger partial charge in [-0.05, 0) is 49.2 Å². The second-order valence-corrected chi connectivity index (χ2v) is 9.08. The van der Waals surface area contributed by atoms with Crippen LogP contribution in [0.25, 0.3) is 0 Å². The van der Waals surface area contributed by atoms with Crippen molar-refractivity contribution in [3.8, 4) is 11.5 Å². The molecule has 2 rings (SSSR count). The summed E-state index contributed by atoms with van der Waals surface area (Å²) in [5.41, 5.74) is 1.53. The molecule has 0 heterocycles. The van der Waals surface area contributed by atoms with Crippen LogP contribution in [0.4, 0.5) is 5.69 Å². The van der Waals surface area contributed by atoms with E-state index in [1.165, 1.54) is 0 Å². The van der Waals surface area contributed by atoms with Gasteiger partial charge in [-0.1, -0.05) is 17.7 Å². The van der Waals surface area contributed by atoms with Crippen LogP contribution in [0.15, 0.2) is 42.5 Å². The molecule has 2 aromatic rings. The predicted octanol–water partition coefficient (Wildman–Crippen LogP) is 3.87. The Kier molecular flexibility index (Phi) is 8.14. The minimum atomic E-state index is -3.07. The van der Waals surface area contributed by atoms with Crippen molar-refractivity contribution < 1.29 is 22.7 Å². The van der Waals surface area contributed by atoms with Gasteiger partial charge in [-0.2, -0.15) is 0 Å². The zero-order chi connectivity index (χ0) is 20.6. The number of halogens is 1. The SMILES string of the molecule is Cc1cc(OCCCC(=O)Nc2cccc(OCCS(C)(=O)=O)c2)ccc1Cl. The highest BCUT2D eigenvalue weighted by atomic mass is 35.5. The molecule has 0 aromatic heterocycles. The summed E-state index contributed by atoms with van der Waals surface area (Å²) in [6.45, 7) is 2.39. The van der Waals surface area contributed by atoms with Gasteiger partial charge in [0.05, 0.1) is 12.4 Å². The summed E-state index contributed by atoms with van der Waals surface area (Å²) in [4.78, 5) is 12.1.